The van der Waals surface area contributed by atoms with E-state index >= 15 is 0 Å². The minimum atomic E-state index is -1.16. The number of hydrogen-bond donors (Lipinski definition) is 0. The Hall–Kier alpha value is -1.55. The van der Waals surface area contributed by atoms with Gasteiger partial charge in [-0.1, -0.05) is 71.6 Å². The largest absolute Gasteiger partial charge is 0.545 e. The van der Waals surface area contributed by atoms with E-state index in [1.54, 1.807) is 12.1 Å². The molecule has 0 spiro atoms. The highest BCUT2D eigenvalue weighted by Crippen LogP contribution is 2.13. The van der Waals surface area contributed by atoms with Crippen molar-refractivity contribution in [3.63, 3.8) is 0 Å². The number of carbonyl (C=O) groups excluding carboxylic acids is 1. The SMILES string of the molecule is CCCCCCCCCC[N+](C)(C)CC.CCCCCCOc1ccc(C(=O)[O-])cc1. The van der Waals surface area contributed by atoms with Crippen molar-refractivity contribution in [2.24, 2.45) is 0 Å². The fourth-order valence-corrected chi connectivity index (χ4v) is 3.24. The molecule has 0 aromatic heterocycles. The van der Waals surface area contributed by atoms with Crippen molar-refractivity contribution in [2.75, 3.05) is 33.8 Å². The average molecular weight is 436 g/mol. The second-order valence-corrected chi connectivity index (χ2v) is 9.17. The normalized spacial score (nSPS) is 11.0. The van der Waals surface area contributed by atoms with E-state index < -0.39 is 5.97 Å². The summed E-state index contributed by atoms with van der Waals surface area (Å²) >= 11 is 0. The van der Waals surface area contributed by atoms with Crippen molar-refractivity contribution in [3.8, 4) is 5.75 Å². The minimum absolute atomic E-state index is 0.179. The summed E-state index contributed by atoms with van der Waals surface area (Å²) in [5.74, 6) is -0.448. The monoisotopic (exact) mass is 435 g/mol. The Labute approximate surface area is 192 Å². The Balaban J connectivity index is 0.000000582. The van der Waals surface area contributed by atoms with Crippen molar-refractivity contribution in [1.29, 1.82) is 0 Å². The van der Waals surface area contributed by atoms with Crippen LogP contribution in [-0.2, 0) is 0 Å². The third-order valence-corrected chi connectivity index (χ3v) is 5.83. The molecule has 0 saturated carbocycles. The number of carboxylic acid groups (broad SMARTS) is 1. The van der Waals surface area contributed by atoms with Gasteiger partial charge in [-0.2, -0.15) is 0 Å². The number of hydrogen-bond acceptors (Lipinski definition) is 3. The number of aromatic carboxylic acids is 1. The molecule has 0 unspecified atom stereocenters. The summed E-state index contributed by atoms with van der Waals surface area (Å²) in [7, 11) is 4.67. The van der Waals surface area contributed by atoms with Gasteiger partial charge in [0, 0.05) is 0 Å². The molecule has 0 aliphatic rings. The van der Waals surface area contributed by atoms with Crippen molar-refractivity contribution < 1.29 is 19.1 Å². The predicted octanol–water partition coefficient (Wildman–Crippen LogP) is 6.23. The number of quaternary nitrogens is 1. The number of carbonyl (C=O) groups is 1. The summed E-state index contributed by atoms with van der Waals surface area (Å²) in [4.78, 5) is 10.5. The van der Waals surface area contributed by atoms with E-state index in [1.807, 2.05) is 0 Å². The van der Waals surface area contributed by atoms with Gasteiger partial charge in [0.2, 0.25) is 0 Å². The zero-order chi connectivity index (χ0) is 23.4. The van der Waals surface area contributed by atoms with Gasteiger partial charge in [0.05, 0.1) is 39.8 Å². The lowest BCUT2D eigenvalue weighted by Crippen LogP contribution is -2.39. The molecule has 0 atom stereocenters. The van der Waals surface area contributed by atoms with Gasteiger partial charge < -0.3 is 19.1 Å². The predicted molar refractivity (Wildman–Crippen MR) is 131 cm³/mol. The summed E-state index contributed by atoms with van der Waals surface area (Å²) in [5, 5.41) is 10.5. The van der Waals surface area contributed by atoms with E-state index in [2.05, 4.69) is 34.9 Å². The maximum Gasteiger partial charge on any atom is 0.119 e. The molecule has 4 heteroatoms. The van der Waals surface area contributed by atoms with Crippen molar-refractivity contribution in [3.05, 3.63) is 29.8 Å². The van der Waals surface area contributed by atoms with Gasteiger partial charge in [-0.3, -0.25) is 0 Å². The molecule has 0 radical (unpaired) electrons. The molecule has 0 saturated heterocycles. The molecular formula is C27H49NO3. The maximum absolute atomic E-state index is 10.5. The Morgan fingerprint density at radius 2 is 1.26 bits per heavy atom. The van der Waals surface area contributed by atoms with Crippen LogP contribution >= 0.6 is 0 Å². The second-order valence-electron chi connectivity index (χ2n) is 9.17. The Morgan fingerprint density at radius 3 is 1.74 bits per heavy atom. The van der Waals surface area contributed by atoms with E-state index in [4.69, 9.17) is 4.74 Å². The fraction of sp³-hybridized carbons (Fsp3) is 0.741. The van der Waals surface area contributed by atoms with Gasteiger partial charge in [-0.25, -0.2) is 0 Å². The molecule has 0 aliphatic heterocycles. The molecule has 4 nitrogen and oxygen atoms in total. The average Bonchev–Trinajstić information content (AvgIpc) is 2.76. The lowest BCUT2D eigenvalue weighted by atomic mass is 10.1. The molecule has 1 rings (SSSR count). The molecule has 1 aromatic rings. The lowest BCUT2D eigenvalue weighted by Gasteiger charge is -2.28. The van der Waals surface area contributed by atoms with Crippen LogP contribution < -0.4 is 9.84 Å². The second kappa shape index (κ2) is 19.2. The standard InChI is InChI=1S/C14H32N.C13H18O3/c1-5-7-8-9-10-11-12-13-14-15(3,4)6-2;1-2-3-4-5-10-16-12-8-6-11(7-9-12)13(14)15/h5-14H2,1-4H3;6-9H,2-5,10H2,1H3,(H,14,15)/q+1;/p-1. The zero-order valence-corrected chi connectivity index (χ0v) is 21.1. The Morgan fingerprint density at radius 1 is 0.774 bits per heavy atom. The number of carboxylic acids is 1. The van der Waals surface area contributed by atoms with Gasteiger partial charge in [0.15, 0.2) is 0 Å². The first kappa shape index (κ1) is 29.5. The molecule has 0 bridgehead atoms. The molecule has 0 N–H and O–H groups in total. The highest BCUT2D eigenvalue weighted by molar-refractivity contribution is 5.85. The van der Waals surface area contributed by atoms with E-state index in [0.717, 1.165) is 6.42 Å². The quantitative estimate of drug-likeness (QED) is 0.215. The first-order valence-electron chi connectivity index (χ1n) is 12.6. The fourth-order valence-electron chi connectivity index (χ4n) is 3.24. The van der Waals surface area contributed by atoms with Crippen LogP contribution in [0.15, 0.2) is 24.3 Å². The van der Waals surface area contributed by atoms with Gasteiger partial charge in [-0.15, -0.1) is 0 Å². The van der Waals surface area contributed by atoms with Crippen LogP contribution in [0.25, 0.3) is 0 Å². The smallest absolute Gasteiger partial charge is 0.119 e. The number of rotatable bonds is 17. The van der Waals surface area contributed by atoms with Gasteiger partial charge in [-0.05, 0) is 56.0 Å². The number of nitrogens with zero attached hydrogens (tertiary/aromatic N) is 1. The van der Waals surface area contributed by atoms with Crippen molar-refractivity contribution >= 4 is 5.97 Å². The van der Waals surface area contributed by atoms with Gasteiger partial charge >= 0.3 is 0 Å². The Kier molecular flexibility index (Phi) is 18.2. The summed E-state index contributed by atoms with van der Waals surface area (Å²) in [6.07, 6.45) is 16.1. The number of ether oxygens (including phenoxy) is 1. The van der Waals surface area contributed by atoms with Crippen LogP contribution in [0, 0.1) is 0 Å². The van der Waals surface area contributed by atoms with Gasteiger partial charge in [0.1, 0.15) is 5.75 Å². The molecule has 0 aliphatic carbocycles. The van der Waals surface area contributed by atoms with Crippen LogP contribution in [0.4, 0.5) is 0 Å². The minimum Gasteiger partial charge on any atom is -0.545 e. The molecule has 0 fully saturated rings. The summed E-state index contributed by atoms with van der Waals surface area (Å²) in [6, 6.07) is 6.31. The van der Waals surface area contributed by atoms with Gasteiger partial charge in [0.25, 0.3) is 0 Å². The first-order valence-corrected chi connectivity index (χ1v) is 12.6. The summed E-state index contributed by atoms with van der Waals surface area (Å²) < 4.78 is 6.66. The number of benzene rings is 1. The van der Waals surface area contributed by atoms with Crippen LogP contribution in [0.5, 0.6) is 5.75 Å². The lowest BCUT2D eigenvalue weighted by molar-refractivity contribution is -0.888. The molecule has 180 valence electrons. The van der Waals surface area contributed by atoms with Crippen molar-refractivity contribution in [2.45, 2.75) is 97.8 Å². The van der Waals surface area contributed by atoms with Crippen LogP contribution in [-0.4, -0.2) is 44.2 Å². The van der Waals surface area contributed by atoms with Crippen LogP contribution in [0.2, 0.25) is 0 Å². The van der Waals surface area contributed by atoms with E-state index in [9.17, 15) is 9.90 Å². The molecule has 1 aromatic carbocycles. The van der Waals surface area contributed by atoms with Crippen LogP contribution in [0.1, 0.15) is 108 Å². The van der Waals surface area contributed by atoms with E-state index in [0.29, 0.717) is 12.4 Å². The third-order valence-electron chi connectivity index (χ3n) is 5.83. The molecular weight excluding hydrogens is 386 g/mol. The third kappa shape index (κ3) is 17.8. The summed E-state index contributed by atoms with van der Waals surface area (Å²) in [6.45, 7) is 10.0. The number of unbranched alkanes of at least 4 members (excludes halogenated alkanes) is 10. The molecule has 0 amide bonds. The highest BCUT2D eigenvalue weighted by Gasteiger charge is 2.09. The zero-order valence-electron chi connectivity index (χ0n) is 21.1. The van der Waals surface area contributed by atoms with Crippen LogP contribution in [0.3, 0.4) is 0 Å². The topological polar surface area (TPSA) is 49.4 Å². The summed E-state index contributed by atoms with van der Waals surface area (Å²) in [5.41, 5.74) is 0.179. The maximum atomic E-state index is 10.5. The molecule has 0 heterocycles. The Bertz CT molecular complexity index is 540. The van der Waals surface area contributed by atoms with Crippen molar-refractivity contribution in [1.82, 2.24) is 0 Å². The first-order chi connectivity index (χ1) is 14.9. The van der Waals surface area contributed by atoms with E-state index in [1.165, 1.54) is 100 Å². The highest BCUT2D eigenvalue weighted by atomic mass is 16.5. The molecule has 31 heavy (non-hydrogen) atoms. The van der Waals surface area contributed by atoms with E-state index in [-0.39, 0.29) is 5.56 Å².